The maximum Gasteiger partial charge on any atom is 0.401 e. The molecule has 18 heavy (non-hydrogen) atoms. The first-order chi connectivity index (χ1) is 8.47. The molecule has 0 amide bonds. The quantitative estimate of drug-likeness (QED) is 0.882. The molecule has 0 atom stereocenters. The van der Waals surface area contributed by atoms with Crippen LogP contribution in [0.2, 0.25) is 0 Å². The van der Waals surface area contributed by atoms with E-state index in [1.807, 2.05) is 12.1 Å². The predicted molar refractivity (Wildman–Crippen MR) is 63.4 cm³/mol. The van der Waals surface area contributed by atoms with Crippen LogP contribution in [0.25, 0.3) is 10.8 Å². The average molecular weight is 255 g/mol. The zero-order valence-corrected chi connectivity index (χ0v) is 9.46. The summed E-state index contributed by atoms with van der Waals surface area (Å²) in [5, 5.41) is 13.7. The van der Waals surface area contributed by atoms with E-state index < -0.39 is 12.7 Å². The van der Waals surface area contributed by atoms with Crippen molar-refractivity contribution in [2.24, 2.45) is 0 Å². The summed E-state index contributed by atoms with van der Waals surface area (Å²) < 4.78 is 36.1. The Kier molecular flexibility index (Phi) is 3.43. The van der Waals surface area contributed by atoms with Gasteiger partial charge in [0.15, 0.2) is 0 Å². The second-order valence-corrected chi connectivity index (χ2v) is 4.00. The van der Waals surface area contributed by atoms with Crippen molar-refractivity contribution < 1.29 is 18.3 Å². The highest BCUT2D eigenvalue weighted by Gasteiger charge is 2.26. The smallest absolute Gasteiger partial charge is 0.401 e. The van der Waals surface area contributed by atoms with Crippen molar-refractivity contribution in [3.8, 4) is 5.75 Å². The van der Waals surface area contributed by atoms with Gasteiger partial charge in [-0.25, -0.2) is 0 Å². The monoisotopic (exact) mass is 255 g/mol. The summed E-state index contributed by atoms with van der Waals surface area (Å²) in [5.41, 5.74) is 0.484. The Morgan fingerprint density at radius 1 is 1.06 bits per heavy atom. The molecule has 0 saturated carbocycles. The number of benzene rings is 2. The second kappa shape index (κ2) is 4.86. The molecule has 0 bridgehead atoms. The van der Waals surface area contributed by atoms with Gasteiger partial charge < -0.3 is 10.4 Å². The van der Waals surface area contributed by atoms with Crippen LogP contribution in [0.5, 0.6) is 5.75 Å². The fourth-order valence-corrected chi connectivity index (χ4v) is 1.84. The maximum absolute atomic E-state index is 12.0. The molecule has 2 aromatic rings. The molecule has 0 spiro atoms. The van der Waals surface area contributed by atoms with E-state index in [0.717, 1.165) is 10.8 Å². The fourth-order valence-electron chi connectivity index (χ4n) is 1.84. The van der Waals surface area contributed by atoms with Crippen LogP contribution in [0, 0.1) is 0 Å². The number of phenols is 1. The van der Waals surface area contributed by atoms with E-state index in [0.29, 0.717) is 5.56 Å². The van der Waals surface area contributed by atoms with E-state index in [2.05, 4.69) is 5.32 Å². The summed E-state index contributed by atoms with van der Waals surface area (Å²) in [6, 6.07) is 10.5. The summed E-state index contributed by atoms with van der Waals surface area (Å²) in [5.74, 6) is 0.00312. The Bertz CT molecular complexity index is 551. The summed E-state index contributed by atoms with van der Waals surface area (Å²) >= 11 is 0. The third-order valence-corrected chi connectivity index (χ3v) is 2.64. The Balaban J connectivity index is 2.24. The topological polar surface area (TPSA) is 32.3 Å². The molecule has 0 aliphatic carbocycles. The number of halogens is 3. The lowest BCUT2D eigenvalue weighted by Crippen LogP contribution is -2.28. The minimum atomic E-state index is -4.25. The van der Waals surface area contributed by atoms with Gasteiger partial charge in [0.25, 0.3) is 0 Å². The van der Waals surface area contributed by atoms with E-state index in [1.165, 1.54) is 6.07 Å². The number of phenolic OH excluding ortho intramolecular Hbond substituents is 1. The SMILES string of the molecule is Oc1ccc2ccccc2c1CNCC(F)(F)F. The Hall–Kier alpha value is -1.75. The van der Waals surface area contributed by atoms with Crippen molar-refractivity contribution in [3.05, 3.63) is 42.0 Å². The van der Waals surface area contributed by atoms with Crippen LogP contribution < -0.4 is 5.32 Å². The number of alkyl halides is 3. The molecule has 0 heterocycles. The van der Waals surface area contributed by atoms with Gasteiger partial charge >= 0.3 is 6.18 Å². The van der Waals surface area contributed by atoms with Crippen LogP contribution in [0.4, 0.5) is 13.2 Å². The predicted octanol–water partition coefficient (Wildman–Crippen LogP) is 3.20. The van der Waals surface area contributed by atoms with Crippen LogP contribution in [0.15, 0.2) is 36.4 Å². The summed E-state index contributed by atoms with van der Waals surface area (Å²) in [4.78, 5) is 0. The van der Waals surface area contributed by atoms with Crippen molar-refractivity contribution in [2.75, 3.05) is 6.54 Å². The second-order valence-electron chi connectivity index (χ2n) is 4.00. The molecule has 0 unspecified atom stereocenters. The molecule has 2 rings (SSSR count). The standard InChI is InChI=1S/C13H12F3NO/c14-13(15,16)8-17-7-11-10-4-2-1-3-9(10)5-6-12(11)18/h1-6,17-18H,7-8H2. The van der Waals surface area contributed by atoms with E-state index in [-0.39, 0.29) is 12.3 Å². The molecule has 5 heteroatoms. The fraction of sp³-hybridized carbons (Fsp3) is 0.231. The third-order valence-electron chi connectivity index (χ3n) is 2.64. The molecule has 2 nitrogen and oxygen atoms in total. The largest absolute Gasteiger partial charge is 0.508 e. The van der Waals surface area contributed by atoms with Gasteiger partial charge in [-0.2, -0.15) is 13.2 Å². The zero-order chi connectivity index (χ0) is 13.2. The zero-order valence-electron chi connectivity index (χ0n) is 9.46. The molecule has 0 radical (unpaired) electrons. The highest BCUT2D eigenvalue weighted by molar-refractivity contribution is 5.87. The van der Waals surface area contributed by atoms with Crippen LogP contribution in [0.1, 0.15) is 5.56 Å². The molecular weight excluding hydrogens is 243 g/mol. The molecule has 2 aromatic carbocycles. The molecule has 0 saturated heterocycles. The normalized spacial score (nSPS) is 11.9. The van der Waals surface area contributed by atoms with Gasteiger partial charge in [-0.3, -0.25) is 0 Å². The summed E-state index contributed by atoms with van der Waals surface area (Å²) in [7, 11) is 0. The first kappa shape index (κ1) is 12.7. The van der Waals surface area contributed by atoms with Crippen molar-refractivity contribution in [1.82, 2.24) is 5.32 Å². The molecular formula is C13H12F3NO. The minimum absolute atomic E-state index is 0.00312. The van der Waals surface area contributed by atoms with Crippen LogP contribution in [-0.2, 0) is 6.54 Å². The maximum atomic E-state index is 12.0. The molecule has 2 N–H and O–H groups in total. The van der Waals surface area contributed by atoms with Gasteiger partial charge in [0.05, 0.1) is 6.54 Å². The molecule has 0 aliphatic rings. The van der Waals surface area contributed by atoms with Gasteiger partial charge in [0.1, 0.15) is 5.75 Å². The van der Waals surface area contributed by atoms with Gasteiger partial charge in [0.2, 0.25) is 0 Å². The van der Waals surface area contributed by atoms with Crippen molar-refractivity contribution in [2.45, 2.75) is 12.7 Å². The Morgan fingerprint density at radius 2 is 1.78 bits per heavy atom. The van der Waals surface area contributed by atoms with Crippen molar-refractivity contribution in [3.63, 3.8) is 0 Å². The van der Waals surface area contributed by atoms with E-state index >= 15 is 0 Å². The van der Waals surface area contributed by atoms with Crippen LogP contribution >= 0.6 is 0 Å². The average Bonchev–Trinajstić information content (AvgIpc) is 2.31. The Morgan fingerprint density at radius 3 is 2.50 bits per heavy atom. The first-order valence-corrected chi connectivity index (χ1v) is 5.44. The summed E-state index contributed by atoms with van der Waals surface area (Å²) in [6.07, 6.45) is -4.25. The number of hydrogen-bond donors (Lipinski definition) is 2. The highest BCUT2D eigenvalue weighted by atomic mass is 19.4. The number of hydrogen-bond acceptors (Lipinski definition) is 2. The van der Waals surface area contributed by atoms with E-state index in [4.69, 9.17) is 0 Å². The number of rotatable bonds is 3. The lowest BCUT2D eigenvalue weighted by Gasteiger charge is -2.11. The van der Waals surface area contributed by atoms with Gasteiger partial charge in [0, 0.05) is 12.1 Å². The number of fused-ring (bicyclic) bond motifs is 1. The van der Waals surface area contributed by atoms with Crippen molar-refractivity contribution >= 4 is 10.8 Å². The van der Waals surface area contributed by atoms with Gasteiger partial charge in [-0.15, -0.1) is 0 Å². The molecule has 0 aromatic heterocycles. The van der Waals surface area contributed by atoms with E-state index in [9.17, 15) is 18.3 Å². The molecule has 0 aliphatic heterocycles. The first-order valence-electron chi connectivity index (χ1n) is 5.44. The van der Waals surface area contributed by atoms with Gasteiger partial charge in [-0.05, 0) is 16.8 Å². The lowest BCUT2D eigenvalue weighted by atomic mass is 10.0. The minimum Gasteiger partial charge on any atom is -0.508 e. The molecule has 0 fully saturated rings. The van der Waals surface area contributed by atoms with E-state index in [1.54, 1.807) is 18.2 Å². The highest BCUT2D eigenvalue weighted by Crippen LogP contribution is 2.27. The molecule has 96 valence electrons. The lowest BCUT2D eigenvalue weighted by molar-refractivity contribution is -0.125. The van der Waals surface area contributed by atoms with Gasteiger partial charge in [-0.1, -0.05) is 30.3 Å². The third kappa shape index (κ3) is 2.92. The number of nitrogens with one attached hydrogen (secondary N) is 1. The van der Waals surface area contributed by atoms with Crippen molar-refractivity contribution in [1.29, 1.82) is 0 Å². The summed E-state index contributed by atoms with van der Waals surface area (Å²) in [6.45, 7) is -1.09. The number of aromatic hydroxyl groups is 1. The Labute approximate surface area is 102 Å². The van der Waals surface area contributed by atoms with Crippen LogP contribution in [-0.4, -0.2) is 17.8 Å². The van der Waals surface area contributed by atoms with Crippen LogP contribution in [0.3, 0.4) is 0 Å².